The summed E-state index contributed by atoms with van der Waals surface area (Å²) in [6, 6.07) is 9.47. The van der Waals surface area contributed by atoms with Gasteiger partial charge in [-0.25, -0.2) is 4.79 Å². The molecule has 0 amide bonds. The number of ether oxygens (including phenoxy) is 3. The predicted molar refractivity (Wildman–Crippen MR) is 64.9 cm³/mol. The highest BCUT2D eigenvalue weighted by atomic mass is 16.7. The molecule has 1 aromatic carbocycles. The van der Waals surface area contributed by atoms with E-state index in [1.807, 2.05) is 49.3 Å². The third-order valence-corrected chi connectivity index (χ3v) is 2.63. The molecule has 0 N–H and O–H groups in total. The molecule has 2 rings (SSSR count). The second-order valence-electron chi connectivity index (χ2n) is 4.36. The zero-order valence-electron chi connectivity index (χ0n) is 10.5. The van der Waals surface area contributed by atoms with Crippen LogP contribution in [-0.2, 0) is 20.8 Å². The molecule has 0 aliphatic carbocycles. The third kappa shape index (κ3) is 3.72. The molecule has 2 unspecified atom stereocenters. The summed E-state index contributed by atoms with van der Waals surface area (Å²) in [5.74, 6) is 0. The molecule has 1 aliphatic rings. The number of nitrogens with zero attached hydrogens (tertiary/aromatic N) is 1. The van der Waals surface area contributed by atoms with Crippen molar-refractivity contribution in [2.75, 3.05) is 20.7 Å². The van der Waals surface area contributed by atoms with Crippen molar-refractivity contribution < 1.29 is 19.0 Å². The number of carbonyl (C=O) groups excluding carboxylic acids is 1. The molecule has 18 heavy (non-hydrogen) atoms. The highest BCUT2D eigenvalue weighted by Gasteiger charge is 2.41. The maximum absolute atomic E-state index is 11.3. The first-order valence-electron chi connectivity index (χ1n) is 5.82. The van der Waals surface area contributed by atoms with Crippen molar-refractivity contribution in [1.82, 2.24) is 4.90 Å². The van der Waals surface area contributed by atoms with Gasteiger partial charge >= 0.3 is 6.16 Å². The number of benzene rings is 1. The van der Waals surface area contributed by atoms with Crippen molar-refractivity contribution in [2.24, 2.45) is 0 Å². The van der Waals surface area contributed by atoms with E-state index in [1.54, 1.807) is 0 Å². The van der Waals surface area contributed by atoms with Crippen LogP contribution in [0.3, 0.4) is 0 Å². The Bertz CT molecular complexity index is 393. The number of epoxide rings is 1. The van der Waals surface area contributed by atoms with Gasteiger partial charge in [0.25, 0.3) is 0 Å². The Hall–Kier alpha value is -1.59. The highest BCUT2D eigenvalue weighted by molar-refractivity contribution is 5.59. The SMILES string of the molecule is CN(C)C1OC1COC(=O)OCc1ccccc1. The number of carbonyl (C=O) groups is 1. The van der Waals surface area contributed by atoms with Crippen LogP contribution >= 0.6 is 0 Å². The van der Waals surface area contributed by atoms with E-state index in [-0.39, 0.29) is 25.5 Å². The van der Waals surface area contributed by atoms with Gasteiger partial charge in [0.2, 0.25) is 0 Å². The van der Waals surface area contributed by atoms with Crippen LogP contribution in [0.2, 0.25) is 0 Å². The van der Waals surface area contributed by atoms with Gasteiger partial charge in [-0.3, -0.25) is 4.90 Å². The lowest BCUT2D eigenvalue weighted by Gasteiger charge is -2.06. The number of hydrogen-bond donors (Lipinski definition) is 0. The van der Waals surface area contributed by atoms with Gasteiger partial charge in [0.1, 0.15) is 25.5 Å². The van der Waals surface area contributed by atoms with Crippen LogP contribution in [0.15, 0.2) is 30.3 Å². The molecule has 0 bridgehead atoms. The Morgan fingerprint density at radius 1 is 1.28 bits per heavy atom. The molecule has 5 nitrogen and oxygen atoms in total. The number of likely N-dealkylation sites (N-methyl/N-ethyl adjacent to an activating group) is 1. The molecule has 1 fully saturated rings. The molecule has 1 aliphatic heterocycles. The van der Waals surface area contributed by atoms with Gasteiger partial charge in [-0.05, 0) is 19.7 Å². The molecule has 1 aromatic rings. The van der Waals surface area contributed by atoms with Crippen LogP contribution < -0.4 is 0 Å². The highest BCUT2D eigenvalue weighted by Crippen LogP contribution is 2.23. The summed E-state index contributed by atoms with van der Waals surface area (Å²) in [5.41, 5.74) is 0.934. The lowest BCUT2D eigenvalue weighted by Crippen LogP contribution is -2.21. The van der Waals surface area contributed by atoms with Crippen LogP contribution in [0.1, 0.15) is 5.56 Å². The summed E-state index contributed by atoms with van der Waals surface area (Å²) < 4.78 is 15.2. The minimum atomic E-state index is -0.660. The van der Waals surface area contributed by atoms with Gasteiger partial charge in [-0.15, -0.1) is 0 Å². The van der Waals surface area contributed by atoms with E-state index in [9.17, 15) is 4.79 Å². The summed E-state index contributed by atoms with van der Waals surface area (Å²) in [4.78, 5) is 13.2. The molecule has 98 valence electrons. The average molecular weight is 251 g/mol. The Labute approximate surface area is 106 Å². The summed E-state index contributed by atoms with van der Waals surface area (Å²) in [7, 11) is 3.83. The van der Waals surface area contributed by atoms with E-state index in [0.717, 1.165) is 5.56 Å². The molecule has 0 saturated carbocycles. The molecule has 1 saturated heterocycles. The van der Waals surface area contributed by atoms with Crippen molar-refractivity contribution in [1.29, 1.82) is 0 Å². The molecule has 0 aromatic heterocycles. The Balaban J connectivity index is 1.62. The second-order valence-corrected chi connectivity index (χ2v) is 4.36. The van der Waals surface area contributed by atoms with Crippen LogP contribution in [0.25, 0.3) is 0 Å². The van der Waals surface area contributed by atoms with E-state index in [2.05, 4.69) is 0 Å². The van der Waals surface area contributed by atoms with E-state index < -0.39 is 6.16 Å². The summed E-state index contributed by atoms with van der Waals surface area (Å²) in [6.45, 7) is 0.457. The minimum Gasteiger partial charge on any atom is -0.431 e. The fourth-order valence-corrected chi connectivity index (χ4v) is 1.62. The fourth-order valence-electron chi connectivity index (χ4n) is 1.62. The first-order valence-corrected chi connectivity index (χ1v) is 5.82. The predicted octanol–water partition coefficient (Wildman–Crippen LogP) is 1.63. The maximum atomic E-state index is 11.3. The topological polar surface area (TPSA) is 51.3 Å². The van der Waals surface area contributed by atoms with Crippen LogP contribution in [-0.4, -0.2) is 44.1 Å². The Kier molecular flexibility index (Phi) is 4.17. The van der Waals surface area contributed by atoms with Gasteiger partial charge in [-0.2, -0.15) is 0 Å². The molecule has 5 heteroatoms. The fraction of sp³-hybridized carbons (Fsp3) is 0.462. The molecule has 0 spiro atoms. The van der Waals surface area contributed by atoms with Crippen molar-refractivity contribution in [2.45, 2.75) is 18.9 Å². The van der Waals surface area contributed by atoms with Crippen molar-refractivity contribution in [3.63, 3.8) is 0 Å². The van der Waals surface area contributed by atoms with Gasteiger partial charge < -0.3 is 14.2 Å². The lowest BCUT2D eigenvalue weighted by molar-refractivity contribution is 0.0453. The maximum Gasteiger partial charge on any atom is 0.508 e. The van der Waals surface area contributed by atoms with Gasteiger partial charge in [0.05, 0.1) is 0 Å². The summed E-state index contributed by atoms with van der Waals surface area (Å²) >= 11 is 0. The quantitative estimate of drug-likeness (QED) is 0.588. The van der Waals surface area contributed by atoms with Gasteiger partial charge in [0.15, 0.2) is 0 Å². The van der Waals surface area contributed by atoms with E-state index >= 15 is 0 Å². The molecule has 1 heterocycles. The zero-order valence-corrected chi connectivity index (χ0v) is 10.5. The van der Waals surface area contributed by atoms with Gasteiger partial charge in [0, 0.05) is 0 Å². The smallest absolute Gasteiger partial charge is 0.431 e. The van der Waals surface area contributed by atoms with E-state index in [4.69, 9.17) is 14.2 Å². The largest absolute Gasteiger partial charge is 0.508 e. The van der Waals surface area contributed by atoms with Crippen molar-refractivity contribution in [3.05, 3.63) is 35.9 Å². The molecular formula is C13H17NO4. The molecule has 2 atom stereocenters. The summed E-state index contributed by atoms with van der Waals surface area (Å²) in [6.07, 6.45) is -0.650. The lowest BCUT2D eigenvalue weighted by atomic mass is 10.2. The van der Waals surface area contributed by atoms with Crippen molar-refractivity contribution >= 4 is 6.16 Å². The minimum absolute atomic E-state index is 0.0377. The second kappa shape index (κ2) is 5.84. The van der Waals surface area contributed by atoms with E-state index in [1.165, 1.54) is 0 Å². The number of rotatable bonds is 5. The zero-order chi connectivity index (χ0) is 13.0. The Morgan fingerprint density at radius 3 is 2.61 bits per heavy atom. The van der Waals surface area contributed by atoms with E-state index in [0.29, 0.717) is 0 Å². The van der Waals surface area contributed by atoms with Crippen LogP contribution in [0.4, 0.5) is 4.79 Å². The first-order chi connectivity index (χ1) is 8.66. The first kappa shape index (κ1) is 12.9. The van der Waals surface area contributed by atoms with Crippen LogP contribution in [0.5, 0.6) is 0 Å². The van der Waals surface area contributed by atoms with Crippen LogP contribution in [0, 0.1) is 0 Å². The Morgan fingerprint density at radius 2 is 2.00 bits per heavy atom. The summed E-state index contributed by atoms with van der Waals surface area (Å²) in [5, 5.41) is 0. The molecular weight excluding hydrogens is 234 g/mol. The average Bonchev–Trinajstić information content (AvgIpc) is 3.15. The third-order valence-electron chi connectivity index (χ3n) is 2.63. The van der Waals surface area contributed by atoms with Crippen molar-refractivity contribution in [3.8, 4) is 0 Å². The monoisotopic (exact) mass is 251 g/mol. The van der Waals surface area contributed by atoms with Gasteiger partial charge in [-0.1, -0.05) is 30.3 Å². The molecule has 0 radical (unpaired) electrons. The number of hydrogen-bond acceptors (Lipinski definition) is 5. The normalized spacial score (nSPS) is 21.7. The standard InChI is InChI=1S/C13H17NO4/c1-14(2)12-11(18-12)9-17-13(15)16-8-10-6-4-3-5-7-10/h3-7,11-12H,8-9H2,1-2H3.